The smallest absolute Gasteiger partial charge is 0.0558 e. The molecule has 1 fully saturated rings. The predicted molar refractivity (Wildman–Crippen MR) is 50.2 cm³/mol. The number of nitrogens with zero attached hydrogens (tertiary/aromatic N) is 2. The molecule has 1 rings (SSSR count). The third kappa shape index (κ3) is 2.44. The van der Waals surface area contributed by atoms with Crippen molar-refractivity contribution in [1.29, 1.82) is 0 Å². The van der Waals surface area contributed by atoms with E-state index in [-0.39, 0.29) is 6.61 Å². The Morgan fingerprint density at radius 2 is 2.33 bits per heavy atom. The number of aliphatic hydroxyl groups is 1. The Kier molecular flexibility index (Phi) is 3.98. The maximum absolute atomic E-state index is 8.76. The molecule has 1 aliphatic heterocycles. The molecule has 3 nitrogen and oxygen atoms in total. The monoisotopic (exact) mass is 172 g/mol. The topological polar surface area (TPSA) is 26.7 Å². The zero-order valence-electron chi connectivity index (χ0n) is 8.16. The van der Waals surface area contributed by atoms with E-state index in [1.807, 2.05) is 0 Å². The van der Waals surface area contributed by atoms with Gasteiger partial charge in [-0.2, -0.15) is 0 Å². The van der Waals surface area contributed by atoms with E-state index in [1.54, 1.807) is 0 Å². The van der Waals surface area contributed by atoms with E-state index < -0.39 is 0 Å². The fourth-order valence-corrected chi connectivity index (χ4v) is 1.80. The normalized spacial score (nSPS) is 25.5. The van der Waals surface area contributed by atoms with Gasteiger partial charge in [-0.25, -0.2) is 0 Å². The highest BCUT2D eigenvalue weighted by atomic mass is 16.3. The molecule has 12 heavy (non-hydrogen) atoms. The largest absolute Gasteiger partial charge is 0.395 e. The van der Waals surface area contributed by atoms with Gasteiger partial charge in [0.25, 0.3) is 0 Å². The van der Waals surface area contributed by atoms with E-state index in [2.05, 4.69) is 23.8 Å². The molecule has 0 bridgehead atoms. The number of rotatable bonds is 4. The zero-order valence-corrected chi connectivity index (χ0v) is 8.16. The molecule has 0 aromatic carbocycles. The summed E-state index contributed by atoms with van der Waals surface area (Å²) in [7, 11) is 2.10. The minimum absolute atomic E-state index is 0.277. The molecular weight excluding hydrogens is 152 g/mol. The molecule has 0 saturated carbocycles. The number of likely N-dealkylation sites (N-methyl/N-ethyl adjacent to an activating group) is 2. The summed E-state index contributed by atoms with van der Waals surface area (Å²) in [6.45, 7) is 6.84. The van der Waals surface area contributed by atoms with Crippen LogP contribution in [0.1, 0.15) is 13.3 Å². The second-order valence-electron chi connectivity index (χ2n) is 3.54. The van der Waals surface area contributed by atoms with Crippen LogP contribution in [0.5, 0.6) is 0 Å². The van der Waals surface area contributed by atoms with E-state index >= 15 is 0 Å². The summed E-state index contributed by atoms with van der Waals surface area (Å²) in [5.41, 5.74) is 0. The van der Waals surface area contributed by atoms with Gasteiger partial charge in [-0.05, 0) is 26.6 Å². The molecular formula is C9H20N2O. The van der Waals surface area contributed by atoms with Crippen LogP contribution in [0.3, 0.4) is 0 Å². The van der Waals surface area contributed by atoms with Gasteiger partial charge in [0.1, 0.15) is 0 Å². The van der Waals surface area contributed by atoms with E-state index in [0.717, 1.165) is 13.1 Å². The van der Waals surface area contributed by atoms with Crippen molar-refractivity contribution in [2.75, 3.05) is 39.8 Å². The fourth-order valence-electron chi connectivity index (χ4n) is 1.80. The van der Waals surface area contributed by atoms with Gasteiger partial charge in [0.2, 0.25) is 0 Å². The molecule has 72 valence electrons. The lowest BCUT2D eigenvalue weighted by atomic mass is 10.2. The molecule has 0 radical (unpaired) electrons. The van der Waals surface area contributed by atoms with Gasteiger partial charge in [-0.3, -0.25) is 4.90 Å². The van der Waals surface area contributed by atoms with Crippen LogP contribution in [0, 0.1) is 0 Å². The molecule has 1 unspecified atom stereocenters. The van der Waals surface area contributed by atoms with Crippen LogP contribution in [-0.4, -0.2) is 60.8 Å². The second kappa shape index (κ2) is 4.80. The van der Waals surface area contributed by atoms with Gasteiger partial charge in [-0.1, -0.05) is 6.92 Å². The SMILES string of the molecule is CCN1CCC(N(C)CCO)C1. The van der Waals surface area contributed by atoms with Crippen LogP contribution in [0.4, 0.5) is 0 Å². The van der Waals surface area contributed by atoms with E-state index in [1.165, 1.54) is 19.5 Å². The zero-order chi connectivity index (χ0) is 8.97. The average Bonchev–Trinajstić information content (AvgIpc) is 2.52. The Morgan fingerprint density at radius 1 is 1.58 bits per heavy atom. The lowest BCUT2D eigenvalue weighted by Gasteiger charge is -2.23. The maximum Gasteiger partial charge on any atom is 0.0558 e. The summed E-state index contributed by atoms with van der Waals surface area (Å²) in [5.74, 6) is 0. The number of hydrogen-bond acceptors (Lipinski definition) is 3. The Labute approximate surface area is 75.0 Å². The Morgan fingerprint density at radius 3 is 2.83 bits per heavy atom. The minimum Gasteiger partial charge on any atom is -0.395 e. The summed E-state index contributed by atoms with van der Waals surface area (Å²) in [6.07, 6.45) is 1.25. The van der Waals surface area contributed by atoms with Crippen LogP contribution < -0.4 is 0 Å². The first-order valence-electron chi connectivity index (χ1n) is 4.81. The number of hydrogen-bond donors (Lipinski definition) is 1. The van der Waals surface area contributed by atoms with Crippen LogP contribution in [0.2, 0.25) is 0 Å². The summed E-state index contributed by atoms with van der Waals surface area (Å²) in [6, 6.07) is 0.664. The van der Waals surface area contributed by atoms with Crippen molar-refractivity contribution in [3.8, 4) is 0 Å². The minimum atomic E-state index is 0.277. The van der Waals surface area contributed by atoms with Gasteiger partial charge in [-0.15, -0.1) is 0 Å². The summed E-state index contributed by atoms with van der Waals surface area (Å²) in [5, 5.41) is 8.76. The van der Waals surface area contributed by atoms with Crippen molar-refractivity contribution in [2.24, 2.45) is 0 Å². The molecule has 0 aliphatic carbocycles. The van der Waals surface area contributed by atoms with E-state index in [4.69, 9.17) is 5.11 Å². The van der Waals surface area contributed by atoms with Crippen molar-refractivity contribution in [3.63, 3.8) is 0 Å². The van der Waals surface area contributed by atoms with Crippen molar-refractivity contribution >= 4 is 0 Å². The van der Waals surface area contributed by atoms with Gasteiger partial charge in [0.15, 0.2) is 0 Å². The van der Waals surface area contributed by atoms with Gasteiger partial charge >= 0.3 is 0 Å². The highest BCUT2D eigenvalue weighted by Crippen LogP contribution is 2.12. The standard InChI is InChI=1S/C9H20N2O/c1-3-11-5-4-9(8-11)10(2)6-7-12/h9,12H,3-8H2,1-2H3. The lowest BCUT2D eigenvalue weighted by Crippen LogP contribution is -2.36. The van der Waals surface area contributed by atoms with Crippen molar-refractivity contribution < 1.29 is 5.11 Å². The van der Waals surface area contributed by atoms with E-state index in [0.29, 0.717) is 6.04 Å². The van der Waals surface area contributed by atoms with Gasteiger partial charge in [0, 0.05) is 19.1 Å². The summed E-state index contributed by atoms with van der Waals surface area (Å²) >= 11 is 0. The van der Waals surface area contributed by atoms with Gasteiger partial charge in [0.05, 0.1) is 6.61 Å². The first kappa shape index (κ1) is 9.96. The first-order valence-corrected chi connectivity index (χ1v) is 4.81. The molecule has 0 spiro atoms. The molecule has 0 amide bonds. The number of aliphatic hydroxyl groups excluding tert-OH is 1. The second-order valence-corrected chi connectivity index (χ2v) is 3.54. The van der Waals surface area contributed by atoms with Crippen LogP contribution in [0.15, 0.2) is 0 Å². The first-order chi connectivity index (χ1) is 5.77. The summed E-state index contributed by atoms with van der Waals surface area (Å²) < 4.78 is 0. The average molecular weight is 172 g/mol. The molecule has 0 aromatic rings. The fraction of sp³-hybridized carbons (Fsp3) is 1.00. The van der Waals surface area contributed by atoms with Crippen LogP contribution in [-0.2, 0) is 0 Å². The molecule has 1 N–H and O–H groups in total. The van der Waals surface area contributed by atoms with E-state index in [9.17, 15) is 0 Å². The molecule has 1 heterocycles. The molecule has 1 atom stereocenters. The lowest BCUT2D eigenvalue weighted by molar-refractivity contribution is 0.179. The Balaban J connectivity index is 2.25. The van der Waals surface area contributed by atoms with Crippen LogP contribution >= 0.6 is 0 Å². The van der Waals surface area contributed by atoms with Crippen molar-refractivity contribution in [3.05, 3.63) is 0 Å². The third-order valence-corrected chi connectivity index (χ3v) is 2.77. The molecule has 1 saturated heterocycles. The molecule has 0 aromatic heterocycles. The molecule has 1 aliphatic rings. The van der Waals surface area contributed by atoms with Crippen molar-refractivity contribution in [1.82, 2.24) is 9.80 Å². The van der Waals surface area contributed by atoms with Gasteiger partial charge < -0.3 is 10.0 Å². The number of likely N-dealkylation sites (tertiary alicyclic amines) is 1. The highest BCUT2D eigenvalue weighted by molar-refractivity contribution is 4.80. The van der Waals surface area contributed by atoms with Crippen LogP contribution in [0.25, 0.3) is 0 Å². The van der Waals surface area contributed by atoms with Crippen molar-refractivity contribution in [2.45, 2.75) is 19.4 Å². The Bertz CT molecular complexity index is 130. The third-order valence-electron chi connectivity index (χ3n) is 2.77. The highest BCUT2D eigenvalue weighted by Gasteiger charge is 2.23. The maximum atomic E-state index is 8.76. The predicted octanol–water partition coefficient (Wildman–Crippen LogP) is 0.00470. The quantitative estimate of drug-likeness (QED) is 0.647. The molecule has 3 heteroatoms. The summed E-state index contributed by atoms with van der Waals surface area (Å²) in [4.78, 5) is 4.72. The Hall–Kier alpha value is -0.120.